The molecule has 2 aromatic rings. The molecule has 5 rings (SSSR count). The van der Waals surface area contributed by atoms with Gasteiger partial charge in [0.1, 0.15) is 12.4 Å². The van der Waals surface area contributed by atoms with Gasteiger partial charge in [-0.25, -0.2) is 0 Å². The van der Waals surface area contributed by atoms with E-state index in [1.165, 1.54) is 0 Å². The lowest BCUT2D eigenvalue weighted by Gasteiger charge is -2.47. The van der Waals surface area contributed by atoms with Crippen molar-refractivity contribution in [2.45, 2.75) is 65.9 Å². The summed E-state index contributed by atoms with van der Waals surface area (Å²) in [5, 5.41) is 1.08. The fourth-order valence-electron chi connectivity index (χ4n) is 6.08. The zero-order valence-corrected chi connectivity index (χ0v) is 23.6. The van der Waals surface area contributed by atoms with E-state index in [1.54, 1.807) is 0 Å². The van der Waals surface area contributed by atoms with Gasteiger partial charge in [0.05, 0.1) is 5.02 Å². The molecule has 0 aromatic heterocycles. The lowest BCUT2D eigenvalue weighted by Crippen LogP contribution is -2.43. The lowest BCUT2D eigenvalue weighted by atomic mass is 9.64. The van der Waals surface area contributed by atoms with E-state index in [9.17, 15) is 9.59 Å². The number of benzene rings is 2. The highest BCUT2D eigenvalue weighted by Crippen LogP contribution is 2.54. The van der Waals surface area contributed by atoms with Crippen molar-refractivity contribution in [3.05, 3.63) is 86.2 Å². The number of halogens is 2. The molecule has 0 atom stereocenters. The minimum absolute atomic E-state index is 0.113. The number of ketones is 2. The van der Waals surface area contributed by atoms with Crippen LogP contribution >= 0.6 is 23.2 Å². The predicted molar refractivity (Wildman–Crippen MR) is 148 cm³/mol. The first-order valence-electron chi connectivity index (χ1n) is 12.8. The molecule has 3 aliphatic rings. The quantitative estimate of drug-likeness (QED) is 0.397. The third-order valence-electron chi connectivity index (χ3n) is 7.81. The van der Waals surface area contributed by atoms with Crippen LogP contribution in [0.5, 0.6) is 5.75 Å². The van der Waals surface area contributed by atoms with Crippen molar-refractivity contribution in [1.82, 2.24) is 4.90 Å². The Bertz CT molecular complexity index is 1310. The van der Waals surface area contributed by atoms with Crippen molar-refractivity contribution < 1.29 is 14.3 Å². The van der Waals surface area contributed by atoms with Gasteiger partial charge in [0, 0.05) is 58.9 Å². The van der Waals surface area contributed by atoms with E-state index in [2.05, 4.69) is 32.6 Å². The van der Waals surface area contributed by atoms with Gasteiger partial charge in [0.2, 0.25) is 0 Å². The van der Waals surface area contributed by atoms with Crippen LogP contribution in [0.1, 0.15) is 70.4 Å². The summed E-state index contributed by atoms with van der Waals surface area (Å²) in [6.07, 6.45) is 2.51. The molecule has 37 heavy (non-hydrogen) atoms. The number of hydrogen-bond donors (Lipinski definition) is 0. The predicted octanol–water partition coefficient (Wildman–Crippen LogP) is 7.89. The van der Waals surface area contributed by atoms with Gasteiger partial charge in [-0.2, -0.15) is 0 Å². The van der Waals surface area contributed by atoms with E-state index in [0.29, 0.717) is 35.2 Å². The molecule has 2 aromatic carbocycles. The highest BCUT2D eigenvalue weighted by Gasteiger charge is 2.48. The Balaban J connectivity index is 1.57. The Morgan fingerprint density at radius 2 is 1.41 bits per heavy atom. The minimum Gasteiger partial charge on any atom is -0.487 e. The van der Waals surface area contributed by atoms with Crippen LogP contribution in [-0.4, -0.2) is 23.5 Å². The summed E-state index contributed by atoms with van der Waals surface area (Å²) in [6.45, 7) is 8.84. The maximum atomic E-state index is 13.6. The molecule has 0 unspecified atom stereocenters. The summed E-state index contributed by atoms with van der Waals surface area (Å²) in [5.41, 5.74) is 5.02. The van der Waals surface area contributed by atoms with E-state index in [-0.39, 0.29) is 22.4 Å². The highest BCUT2D eigenvalue weighted by atomic mass is 35.5. The number of nitrogens with zero attached hydrogens (tertiary/aromatic N) is 1. The largest absolute Gasteiger partial charge is 0.487 e. The Morgan fingerprint density at radius 1 is 0.838 bits per heavy atom. The fourth-order valence-corrected chi connectivity index (χ4v) is 6.52. The number of hydrogen-bond acceptors (Lipinski definition) is 4. The number of ether oxygens (including phenoxy) is 1. The van der Waals surface area contributed by atoms with Gasteiger partial charge in [-0.05, 0) is 47.4 Å². The first kappa shape index (κ1) is 26.1. The molecule has 0 spiro atoms. The molecule has 0 fully saturated rings. The van der Waals surface area contributed by atoms with Crippen molar-refractivity contribution in [3.8, 4) is 5.75 Å². The number of carbonyl (C=O) groups is 2. The van der Waals surface area contributed by atoms with Crippen molar-refractivity contribution >= 4 is 34.8 Å². The maximum Gasteiger partial charge on any atom is 0.162 e. The fraction of sp³-hybridized carbons (Fsp3) is 0.419. The molecular weight excluding hydrogens is 505 g/mol. The van der Waals surface area contributed by atoms with Crippen LogP contribution in [0, 0.1) is 10.8 Å². The molecule has 0 saturated heterocycles. The van der Waals surface area contributed by atoms with Crippen LogP contribution in [0.3, 0.4) is 0 Å². The zero-order chi connectivity index (χ0) is 26.7. The average molecular weight is 539 g/mol. The van der Waals surface area contributed by atoms with Gasteiger partial charge in [0.25, 0.3) is 0 Å². The Kier molecular flexibility index (Phi) is 6.57. The Hall–Kier alpha value is -2.56. The summed E-state index contributed by atoms with van der Waals surface area (Å²) in [4.78, 5) is 29.4. The molecule has 1 heterocycles. The molecule has 0 radical (unpaired) electrons. The van der Waals surface area contributed by atoms with E-state index < -0.39 is 5.92 Å². The summed E-state index contributed by atoms with van der Waals surface area (Å²) in [7, 11) is 2.02. The van der Waals surface area contributed by atoms with Gasteiger partial charge >= 0.3 is 0 Å². The highest BCUT2D eigenvalue weighted by molar-refractivity contribution is 6.32. The second-order valence-electron chi connectivity index (χ2n) is 12.2. The van der Waals surface area contributed by atoms with Crippen LogP contribution in [0.25, 0.3) is 0 Å². The average Bonchev–Trinajstić information content (AvgIpc) is 2.79. The molecule has 0 saturated carbocycles. The Labute approximate surface area is 229 Å². The normalized spacial score (nSPS) is 21.2. The van der Waals surface area contributed by atoms with E-state index in [1.807, 2.05) is 49.5 Å². The molecule has 0 amide bonds. The summed E-state index contributed by atoms with van der Waals surface area (Å²) < 4.78 is 5.99. The molecule has 0 bridgehead atoms. The molecule has 6 heteroatoms. The number of carbonyl (C=O) groups excluding carboxylic acids is 2. The first-order valence-corrected chi connectivity index (χ1v) is 13.5. The van der Waals surface area contributed by atoms with Gasteiger partial charge in [-0.3, -0.25) is 9.59 Å². The summed E-state index contributed by atoms with van der Waals surface area (Å²) >= 11 is 13.0. The summed E-state index contributed by atoms with van der Waals surface area (Å²) in [6, 6.07) is 13.2. The molecular formula is C31H33Cl2NO3. The third kappa shape index (κ3) is 4.86. The summed E-state index contributed by atoms with van der Waals surface area (Å²) in [5.74, 6) is 0.349. The number of allylic oxidation sites excluding steroid dienone is 4. The third-order valence-corrected chi connectivity index (χ3v) is 8.47. The zero-order valence-electron chi connectivity index (χ0n) is 22.1. The molecule has 4 nitrogen and oxygen atoms in total. The van der Waals surface area contributed by atoms with Crippen molar-refractivity contribution in [2.75, 3.05) is 7.05 Å². The standard InChI is InChI=1S/C31H33Cl2NO3/c1-30(2)13-22-28(24(35)15-30)27(29-23(34(22)5)14-31(3,4)16-25(29)36)18-10-11-26(21(33)12-18)37-17-19-8-6-7-9-20(19)32/h6-12,27H,13-17H2,1-5H3. The van der Waals surface area contributed by atoms with E-state index in [4.69, 9.17) is 27.9 Å². The van der Waals surface area contributed by atoms with Crippen LogP contribution in [0.15, 0.2) is 65.0 Å². The smallest absolute Gasteiger partial charge is 0.162 e. The van der Waals surface area contributed by atoms with Crippen molar-refractivity contribution in [1.29, 1.82) is 0 Å². The molecule has 1 aliphatic heterocycles. The minimum atomic E-state index is -0.413. The second kappa shape index (κ2) is 9.32. The van der Waals surface area contributed by atoms with Gasteiger partial charge < -0.3 is 9.64 Å². The van der Waals surface area contributed by atoms with E-state index in [0.717, 1.165) is 46.5 Å². The van der Waals surface area contributed by atoms with Gasteiger partial charge in [-0.1, -0.05) is 75.2 Å². The number of rotatable bonds is 4. The maximum absolute atomic E-state index is 13.6. The monoisotopic (exact) mass is 537 g/mol. The SMILES string of the molecule is CN1C2=C(C(=O)CC(C)(C)C2)C(c2ccc(OCc3ccccc3Cl)c(Cl)c2)C2=C1CC(C)(C)CC2=O. The van der Waals surface area contributed by atoms with Crippen molar-refractivity contribution in [2.24, 2.45) is 10.8 Å². The van der Waals surface area contributed by atoms with Crippen LogP contribution in [0.2, 0.25) is 10.0 Å². The van der Waals surface area contributed by atoms with Crippen LogP contribution < -0.4 is 4.74 Å². The van der Waals surface area contributed by atoms with Crippen LogP contribution in [0.4, 0.5) is 0 Å². The van der Waals surface area contributed by atoms with Gasteiger partial charge in [-0.15, -0.1) is 0 Å². The first-order chi connectivity index (χ1) is 17.4. The second-order valence-corrected chi connectivity index (χ2v) is 13.0. The topological polar surface area (TPSA) is 46.6 Å². The molecule has 2 aliphatic carbocycles. The lowest BCUT2D eigenvalue weighted by molar-refractivity contribution is -0.119. The van der Waals surface area contributed by atoms with Gasteiger partial charge in [0.15, 0.2) is 11.6 Å². The molecule has 194 valence electrons. The van der Waals surface area contributed by atoms with Crippen molar-refractivity contribution in [3.63, 3.8) is 0 Å². The molecule has 0 N–H and O–H groups in total. The van der Waals surface area contributed by atoms with Crippen LogP contribution in [-0.2, 0) is 16.2 Å². The number of Topliss-reactive ketones (excluding diaryl/α,β-unsaturated/α-hetero) is 2. The van der Waals surface area contributed by atoms with E-state index >= 15 is 0 Å². The Morgan fingerprint density at radius 3 is 1.95 bits per heavy atom.